The molecule has 1 aliphatic carbocycles. The van der Waals surface area contributed by atoms with E-state index in [-0.39, 0.29) is 46.5 Å². The molecule has 0 unspecified atom stereocenters. The molecule has 1 aliphatic rings. The number of hydrogen-bond acceptors (Lipinski definition) is 0. The Labute approximate surface area is 158 Å². The molecule has 1 aromatic heterocycles. The maximum Gasteiger partial charge on any atom is 2.00 e. The van der Waals surface area contributed by atoms with Crippen molar-refractivity contribution in [2.45, 2.75) is 6.42 Å². The van der Waals surface area contributed by atoms with E-state index in [1.54, 1.807) is 0 Å². The predicted molar refractivity (Wildman–Crippen MR) is 94.9 cm³/mol. The predicted octanol–water partition coefficient (Wildman–Crippen LogP) is 5.50. The van der Waals surface area contributed by atoms with Crippen molar-refractivity contribution in [1.29, 1.82) is 0 Å². The standard InChI is InChI=1S/C13H10N.C5H5.2ClH.Ti/c1-2-6-12-11(5-1)7-8-13(12)14-9-3-4-10-14;1-2-4-5-3-1;;;/h1-10H;1-3H,4H2;2*1H;/q2*-1;;;+2. The van der Waals surface area contributed by atoms with Crippen LogP contribution in [0.3, 0.4) is 0 Å². The Morgan fingerprint density at radius 2 is 1.68 bits per heavy atom. The summed E-state index contributed by atoms with van der Waals surface area (Å²) in [5.41, 5.74) is 1.26. The second-order valence-electron chi connectivity index (χ2n) is 4.40. The van der Waals surface area contributed by atoms with Crippen LogP contribution in [0.15, 0.2) is 79.2 Å². The minimum Gasteiger partial charge on any atom is -0.403 e. The average molecular weight is 366 g/mol. The van der Waals surface area contributed by atoms with Gasteiger partial charge in [0.05, 0.1) is 0 Å². The van der Waals surface area contributed by atoms with Gasteiger partial charge in [-0.2, -0.15) is 6.08 Å². The van der Waals surface area contributed by atoms with E-state index in [2.05, 4.69) is 65.5 Å². The van der Waals surface area contributed by atoms with Crippen LogP contribution in [0.5, 0.6) is 0 Å². The van der Waals surface area contributed by atoms with Crippen LogP contribution in [0.2, 0.25) is 0 Å². The molecular weight excluding hydrogens is 349 g/mol. The van der Waals surface area contributed by atoms with Crippen molar-refractivity contribution in [3.63, 3.8) is 0 Å². The van der Waals surface area contributed by atoms with Gasteiger partial charge in [-0.1, -0.05) is 47.2 Å². The smallest absolute Gasteiger partial charge is 0.403 e. The Kier molecular flexibility index (Phi) is 10.0. The van der Waals surface area contributed by atoms with Crippen molar-refractivity contribution in [1.82, 2.24) is 4.57 Å². The molecule has 1 heterocycles. The van der Waals surface area contributed by atoms with Crippen LogP contribution in [-0.2, 0) is 21.7 Å². The van der Waals surface area contributed by atoms with Gasteiger partial charge >= 0.3 is 21.7 Å². The van der Waals surface area contributed by atoms with Crippen LogP contribution < -0.4 is 0 Å². The van der Waals surface area contributed by atoms with Gasteiger partial charge in [0.25, 0.3) is 0 Å². The molecule has 4 rings (SSSR count). The van der Waals surface area contributed by atoms with E-state index in [0.717, 1.165) is 6.42 Å². The van der Waals surface area contributed by atoms with E-state index in [9.17, 15) is 0 Å². The zero-order valence-electron chi connectivity index (χ0n) is 12.0. The van der Waals surface area contributed by atoms with Gasteiger partial charge in [0.1, 0.15) is 0 Å². The van der Waals surface area contributed by atoms with E-state index in [0.29, 0.717) is 0 Å². The molecule has 2 aromatic carbocycles. The van der Waals surface area contributed by atoms with Gasteiger partial charge in [-0.3, -0.25) is 6.08 Å². The summed E-state index contributed by atoms with van der Waals surface area (Å²) < 4.78 is 2.14. The topological polar surface area (TPSA) is 4.93 Å². The summed E-state index contributed by atoms with van der Waals surface area (Å²) in [6.45, 7) is 0. The van der Waals surface area contributed by atoms with Crippen molar-refractivity contribution in [2.24, 2.45) is 0 Å². The van der Waals surface area contributed by atoms with Crippen LogP contribution in [0.1, 0.15) is 6.42 Å². The summed E-state index contributed by atoms with van der Waals surface area (Å²) in [6.07, 6.45) is 14.1. The summed E-state index contributed by atoms with van der Waals surface area (Å²) in [5, 5.41) is 2.61. The molecule has 0 fully saturated rings. The molecule has 0 spiro atoms. The van der Waals surface area contributed by atoms with Crippen molar-refractivity contribution in [3.05, 3.63) is 85.2 Å². The molecular formula is C18H17Cl2NTi. The zero-order chi connectivity index (χ0) is 12.9. The Morgan fingerprint density at radius 3 is 2.27 bits per heavy atom. The summed E-state index contributed by atoms with van der Waals surface area (Å²) in [7, 11) is 0. The average Bonchev–Trinajstić information content (AvgIpc) is 3.21. The molecule has 112 valence electrons. The number of allylic oxidation sites excluding steroid dienone is 4. The fourth-order valence-electron chi connectivity index (χ4n) is 2.19. The fourth-order valence-corrected chi connectivity index (χ4v) is 2.19. The van der Waals surface area contributed by atoms with Gasteiger partial charge in [0.15, 0.2) is 0 Å². The number of halogens is 2. The maximum atomic E-state index is 2.99. The summed E-state index contributed by atoms with van der Waals surface area (Å²) in [6, 6.07) is 16.9. The van der Waals surface area contributed by atoms with Gasteiger partial charge in [-0.15, -0.1) is 43.4 Å². The number of fused-ring (bicyclic) bond motifs is 1. The van der Waals surface area contributed by atoms with E-state index < -0.39 is 0 Å². The third-order valence-corrected chi connectivity index (χ3v) is 3.13. The maximum absolute atomic E-state index is 2.99. The van der Waals surface area contributed by atoms with E-state index in [4.69, 9.17) is 0 Å². The van der Waals surface area contributed by atoms with Crippen LogP contribution in [0, 0.1) is 6.08 Å². The Hall–Kier alpha value is -1.12. The molecule has 3 aromatic rings. The summed E-state index contributed by atoms with van der Waals surface area (Å²) >= 11 is 0. The number of nitrogens with zero attached hydrogens (tertiary/aromatic N) is 1. The fraction of sp³-hybridized carbons (Fsp3) is 0.0556. The number of rotatable bonds is 1. The minimum absolute atomic E-state index is 0. The zero-order valence-corrected chi connectivity index (χ0v) is 15.2. The van der Waals surface area contributed by atoms with Gasteiger partial charge < -0.3 is 4.57 Å². The van der Waals surface area contributed by atoms with Gasteiger partial charge in [-0.05, 0) is 18.1 Å². The largest absolute Gasteiger partial charge is 2.00 e. The van der Waals surface area contributed by atoms with Gasteiger partial charge in [-0.25, -0.2) is 12.2 Å². The number of benzene rings is 1. The van der Waals surface area contributed by atoms with Crippen LogP contribution >= 0.6 is 24.8 Å². The van der Waals surface area contributed by atoms with Gasteiger partial charge in [0, 0.05) is 0 Å². The molecule has 0 saturated carbocycles. The first-order valence-corrected chi connectivity index (χ1v) is 6.45. The van der Waals surface area contributed by atoms with Crippen LogP contribution in [0.4, 0.5) is 0 Å². The molecule has 22 heavy (non-hydrogen) atoms. The molecule has 0 amide bonds. The quantitative estimate of drug-likeness (QED) is 0.396. The summed E-state index contributed by atoms with van der Waals surface area (Å²) in [4.78, 5) is 0. The van der Waals surface area contributed by atoms with Crippen molar-refractivity contribution < 1.29 is 21.7 Å². The monoisotopic (exact) mass is 365 g/mol. The summed E-state index contributed by atoms with van der Waals surface area (Å²) in [5.74, 6) is 0. The van der Waals surface area contributed by atoms with Crippen LogP contribution in [-0.4, -0.2) is 4.57 Å². The van der Waals surface area contributed by atoms with Gasteiger partial charge in [0.2, 0.25) is 0 Å². The SMILES string of the molecule is Cl.Cl.[C-]1=CC=CC1.[Ti+2].c1ccc2c(c1)cc[c-]2-n1cccc1. The molecule has 1 nitrogen and oxygen atoms in total. The first kappa shape index (κ1) is 20.9. The third kappa shape index (κ3) is 4.96. The molecule has 0 N–H and O–H groups in total. The second kappa shape index (κ2) is 10.6. The van der Waals surface area contributed by atoms with Crippen LogP contribution in [0.25, 0.3) is 16.5 Å². The van der Waals surface area contributed by atoms with Crippen molar-refractivity contribution in [3.8, 4) is 5.69 Å². The molecule has 0 bridgehead atoms. The van der Waals surface area contributed by atoms with Crippen molar-refractivity contribution >= 4 is 35.6 Å². The Bertz CT molecular complexity index is 702. The van der Waals surface area contributed by atoms with E-state index in [1.807, 2.05) is 24.3 Å². The Morgan fingerprint density at radius 1 is 0.955 bits per heavy atom. The first-order valence-electron chi connectivity index (χ1n) is 6.45. The number of hydrogen-bond donors (Lipinski definition) is 0. The molecule has 4 heteroatoms. The van der Waals surface area contributed by atoms with E-state index in [1.165, 1.54) is 16.5 Å². The normalized spacial score (nSPS) is 10.9. The first-order chi connectivity index (χ1) is 9.45. The Balaban J connectivity index is 0.000000482. The number of aromatic nitrogens is 1. The second-order valence-corrected chi connectivity index (χ2v) is 4.40. The molecule has 0 saturated heterocycles. The molecule has 0 atom stereocenters. The molecule has 0 aliphatic heterocycles. The minimum atomic E-state index is 0. The third-order valence-electron chi connectivity index (χ3n) is 3.13. The molecule has 0 radical (unpaired) electrons. The van der Waals surface area contributed by atoms with E-state index >= 15 is 0 Å². The van der Waals surface area contributed by atoms with Crippen molar-refractivity contribution in [2.75, 3.05) is 0 Å².